The van der Waals surface area contributed by atoms with Gasteiger partial charge in [0.2, 0.25) is 5.88 Å². The van der Waals surface area contributed by atoms with E-state index in [0.717, 1.165) is 12.0 Å². The van der Waals surface area contributed by atoms with E-state index in [-0.39, 0.29) is 5.91 Å². The highest BCUT2D eigenvalue weighted by Crippen LogP contribution is 2.31. The van der Waals surface area contributed by atoms with Crippen molar-refractivity contribution in [2.24, 2.45) is 0 Å². The van der Waals surface area contributed by atoms with Crippen LogP contribution in [-0.4, -0.2) is 29.5 Å². The third kappa shape index (κ3) is 4.61. The van der Waals surface area contributed by atoms with Crippen molar-refractivity contribution >= 4 is 5.91 Å². The summed E-state index contributed by atoms with van der Waals surface area (Å²) in [6, 6.07) is 16.4. The minimum Gasteiger partial charge on any atom is -0.493 e. The van der Waals surface area contributed by atoms with Gasteiger partial charge in [-0.1, -0.05) is 31.2 Å². The third-order valence-electron chi connectivity index (χ3n) is 3.90. The van der Waals surface area contributed by atoms with E-state index in [1.54, 1.807) is 25.3 Å². The molecule has 0 radical (unpaired) electrons. The van der Waals surface area contributed by atoms with Crippen molar-refractivity contribution < 1.29 is 14.3 Å². The van der Waals surface area contributed by atoms with Crippen LogP contribution in [0.3, 0.4) is 0 Å². The summed E-state index contributed by atoms with van der Waals surface area (Å²) >= 11 is 0. The summed E-state index contributed by atoms with van der Waals surface area (Å²) in [6.07, 6.45) is 2.35. The van der Waals surface area contributed by atoms with Gasteiger partial charge in [0, 0.05) is 23.7 Å². The van der Waals surface area contributed by atoms with E-state index in [2.05, 4.69) is 15.3 Å². The molecule has 27 heavy (non-hydrogen) atoms. The first-order chi connectivity index (χ1) is 13.2. The van der Waals surface area contributed by atoms with Crippen molar-refractivity contribution in [1.29, 1.82) is 0 Å². The number of nitrogens with zero attached hydrogens (tertiary/aromatic N) is 2. The lowest BCUT2D eigenvalue weighted by atomic mass is 10.1. The second-order valence-corrected chi connectivity index (χ2v) is 5.83. The van der Waals surface area contributed by atoms with E-state index in [4.69, 9.17) is 9.47 Å². The number of amides is 1. The second-order valence-electron chi connectivity index (χ2n) is 5.83. The van der Waals surface area contributed by atoms with Crippen LogP contribution >= 0.6 is 0 Å². The lowest BCUT2D eigenvalue weighted by Gasteiger charge is -2.10. The highest BCUT2D eigenvalue weighted by molar-refractivity contribution is 5.94. The molecule has 0 aliphatic heterocycles. The molecule has 1 heterocycles. The molecule has 3 aromatic rings. The topological polar surface area (TPSA) is 73.3 Å². The van der Waals surface area contributed by atoms with Crippen molar-refractivity contribution in [3.63, 3.8) is 0 Å². The predicted octanol–water partition coefficient (Wildman–Crippen LogP) is 4.08. The second kappa shape index (κ2) is 8.80. The molecule has 6 heteroatoms. The summed E-state index contributed by atoms with van der Waals surface area (Å²) in [5, 5.41) is 2.86. The van der Waals surface area contributed by atoms with Gasteiger partial charge < -0.3 is 14.8 Å². The maximum Gasteiger partial charge on any atom is 0.251 e. The zero-order valence-corrected chi connectivity index (χ0v) is 15.3. The Balaban J connectivity index is 1.78. The van der Waals surface area contributed by atoms with Gasteiger partial charge in [0.05, 0.1) is 12.8 Å². The first-order valence-electron chi connectivity index (χ1n) is 8.73. The van der Waals surface area contributed by atoms with Gasteiger partial charge in [0.25, 0.3) is 5.91 Å². The summed E-state index contributed by atoms with van der Waals surface area (Å²) in [5.41, 5.74) is 2.19. The molecular weight excluding hydrogens is 342 g/mol. The maximum atomic E-state index is 12.0. The highest BCUT2D eigenvalue weighted by Gasteiger charge is 2.09. The van der Waals surface area contributed by atoms with Gasteiger partial charge in [0.15, 0.2) is 11.5 Å². The Morgan fingerprint density at radius 2 is 1.78 bits per heavy atom. The molecule has 0 aliphatic carbocycles. The molecule has 138 valence electrons. The van der Waals surface area contributed by atoms with E-state index in [1.807, 2.05) is 43.3 Å². The van der Waals surface area contributed by atoms with E-state index < -0.39 is 0 Å². The van der Waals surface area contributed by atoms with Crippen LogP contribution in [0.4, 0.5) is 0 Å². The average molecular weight is 363 g/mol. The van der Waals surface area contributed by atoms with Crippen molar-refractivity contribution in [2.45, 2.75) is 13.3 Å². The van der Waals surface area contributed by atoms with Gasteiger partial charge in [-0.25, -0.2) is 9.97 Å². The summed E-state index contributed by atoms with van der Waals surface area (Å²) < 4.78 is 11.1. The normalized spacial score (nSPS) is 10.3. The Morgan fingerprint density at radius 1 is 1.04 bits per heavy atom. The summed E-state index contributed by atoms with van der Waals surface area (Å²) in [7, 11) is 1.59. The summed E-state index contributed by atoms with van der Waals surface area (Å²) in [4.78, 5) is 20.5. The first-order valence-corrected chi connectivity index (χ1v) is 8.73. The number of carbonyl (C=O) groups excluding carboxylic acids is 1. The van der Waals surface area contributed by atoms with Crippen LogP contribution in [0.2, 0.25) is 0 Å². The monoisotopic (exact) mass is 363 g/mol. The third-order valence-corrected chi connectivity index (χ3v) is 3.90. The fourth-order valence-corrected chi connectivity index (χ4v) is 2.50. The van der Waals surface area contributed by atoms with Crippen LogP contribution in [-0.2, 0) is 0 Å². The Labute approximate surface area is 158 Å². The molecule has 0 saturated carbocycles. The maximum absolute atomic E-state index is 12.0. The number of rotatable bonds is 7. The van der Waals surface area contributed by atoms with Gasteiger partial charge in [0.1, 0.15) is 6.33 Å². The standard InChI is InChI=1S/C21H21N3O3/c1-3-12-22-21(25)16-10-8-15(9-11-16)17-13-20(24-14-23-17)27-19-7-5-4-6-18(19)26-2/h4-11,13-14H,3,12H2,1-2H3,(H,22,25). The van der Waals surface area contributed by atoms with Crippen LogP contribution in [0.5, 0.6) is 17.4 Å². The van der Waals surface area contributed by atoms with Gasteiger partial charge >= 0.3 is 0 Å². The molecule has 0 bridgehead atoms. The number of ether oxygens (including phenoxy) is 2. The van der Waals surface area contributed by atoms with Crippen molar-refractivity contribution in [2.75, 3.05) is 13.7 Å². The van der Waals surface area contributed by atoms with Crippen molar-refractivity contribution in [3.8, 4) is 28.6 Å². The lowest BCUT2D eigenvalue weighted by molar-refractivity contribution is 0.0953. The Kier molecular flexibility index (Phi) is 5.99. The first kappa shape index (κ1) is 18.4. The number of benzene rings is 2. The number of hydrogen-bond donors (Lipinski definition) is 1. The number of aromatic nitrogens is 2. The van der Waals surface area contributed by atoms with Crippen molar-refractivity contribution in [3.05, 3.63) is 66.5 Å². The van der Waals surface area contributed by atoms with Gasteiger partial charge in [-0.2, -0.15) is 0 Å². The summed E-state index contributed by atoms with van der Waals surface area (Å²) in [5.74, 6) is 1.54. The number of methoxy groups -OCH3 is 1. The molecule has 0 saturated heterocycles. The molecule has 0 fully saturated rings. The van der Waals surface area contributed by atoms with E-state index in [1.165, 1.54) is 6.33 Å². The SMILES string of the molecule is CCCNC(=O)c1ccc(-c2cc(Oc3ccccc3OC)ncn2)cc1. The zero-order chi connectivity index (χ0) is 19.1. The average Bonchev–Trinajstić information content (AvgIpc) is 2.72. The van der Waals surface area contributed by atoms with Crippen LogP contribution in [0.1, 0.15) is 23.7 Å². The minimum atomic E-state index is -0.0775. The fourth-order valence-electron chi connectivity index (χ4n) is 2.50. The highest BCUT2D eigenvalue weighted by atomic mass is 16.5. The fraction of sp³-hybridized carbons (Fsp3) is 0.190. The van der Waals surface area contributed by atoms with Crippen LogP contribution in [0.25, 0.3) is 11.3 Å². The molecule has 2 aromatic carbocycles. The minimum absolute atomic E-state index is 0.0775. The zero-order valence-electron chi connectivity index (χ0n) is 15.3. The summed E-state index contributed by atoms with van der Waals surface area (Å²) in [6.45, 7) is 2.68. The molecule has 0 unspecified atom stereocenters. The van der Waals surface area contributed by atoms with Gasteiger partial charge in [-0.3, -0.25) is 4.79 Å². The number of nitrogens with one attached hydrogen (secondary N) is 1. The Bertz CT molecular complexity index is 911. The molecule has 6 nitrogen and oxygen atoms in total. The molecule has 0 aliphatic rings. The number of hydrogen-bond acceptors (Lipinski definition) is 5. The molecule has 1 amide bonds. The number of carbonyl (C=O) groups is 1. The van der Waals surface area contributed by atoms with E-state index >= 15 is 0 Å². The van der Waals surface area contributed by atoms with Crippen LogP contribution in [0.15, 0.2) is 60.9 Å². The largest absolute Gasteiger partial charge is 0.493 e. The van der Waals surface area contributed by atoms with Crippen LogP contribution < -0.4 is 14.8 Å². The quantitative estimate of drug-likeness (QED) is 0.684. The molecule has 0 atom stereocenters. The van der Waals surface area contributed by atoms with E-state index in [0.29, 0.717) is 35.2 Å². The Hall–Kier alpha value is -3.41. The molecular formula is C21H21N3O3. The Morgan fingerprint density at radius 3 is 2.48 bits per heavy atom. The molecule has 3 rings (SSSR count). The lowest BCUT2D eigenvalue weighted by Crippen LogP contribution is -2.23. The van der Waals surface area contributed by atoms with Gasteiger partial charge in [-0.05, 0) is 30.7 Å². The van der Waals surface area contributed by atoms with Crippen molar-refractivity contribution in [1.82, 2.24) is 15.3 Å². The molecule has 1 N–H and O–H groups in total. The van der Waals surface area contributed by atoms with Crippen LogP contribution in [0, 0.1) is 0 Å². The van der Waals surface area contributed by atoms with E-state index in [9.17, 15) is 4.79 Å². The number of para-hydroxylation sites is 2. The predicted molar refractivity (Wildman–Crippen MR) is 103 cm³/mol. The smallest absolute Gasteiger partial charge is 0.251 e. The molecule has 1 aromatic heterocycles. The molecule has 0 spiro atoms. The van der Waals surface area contributed by atoms with Gasteiger partial charge in [-0.15, -0.1) is 0 Å².